The number of nitrogens with zero attached hydrogens (tertiary/aromatic N) is 1. The Morgan fingerprint density at radius 1 is 1.11 bits per heavy atom. The molecule has 0 radical (unpaired) electrons. The van der Waals surface area contributed by atoms with Crippen molar-refractivity contribution in [3.05, 3.63) is 57.4 Å². The van der Waals surface area contributed by atoms with E-state index in [1.165, 1.54) is 23.4 Å². The molecule has 0 fully saturated rings. The van der Waals surface area contributed by atoms with Gasteiger partial charge in [0.15, 0.2) is 0 Å². The molecule has 0 atom stereocenters. The Kier molecular flexibility index (Phi) is 4.63. The molecule has 0 saturated carbocycles. The average molecular weight is 370 g/mol. The normalized spacial score (nSPS) is 10.3. The third-order valence-electron chi connectivity index (χ3n) is 2.87. The van der Waals surface area contributed by atoms with Crippen LogP contribution in [0.4, 0.5) is 15.8 Å². The molecule has 0 aliphatic rings. The van der Waals surface area contributed by atoms with Gasteiger partial charge in [0, 0.05) is 35.6 Å². The summed E-state index contributed by atoms with van der Waals surface area (Å²) in [5, 5.41) is 3.32. The van der Waals surface area contributed by atoms with Gasteiger partial charge in [-0.2, -0.15) is 0 Å². The van der Waals surface area contributed by atoms with E-state index in [4.69, 9.17) is 0 Å². The molecule has 2 aromatic rings. The first-order chi connectivity index (χ1) is 9.06. The van der Waals surface area contributed by atoms with Crippen molar-refractivity contribution < 1.29 is 4.39 Å². The van der Waals surface area contributed by atoms with Crippen LogP contribution in [-0.4, -0.2) is 14.1 Å². The minimum atomic E-state index is -0.203. The SMILES string of the molecule is CN(C)c1ccc(CNc2ccc(F)cc2I)cc1. The van der Waals surface area contributed by atoms with E-state index in [9.17, 15) is 4.39 Å². The zero-order valence-corrected chi connectivity index (χ0v) is 13.1. The van der Waals surface area contributed by atoms with Crippen LogP contribution in [0.15, 0.2) is 42.5 Å². The van der Waals surface area contributed by atoms with Crippen LogP contribution in [0, 0.1) is 9.39 Å². The van der Waals surface area contributed by atoms with Gasteiger partial charge in [-0.25, -0.2) is 4.39 Å². The summed E-state index contributed by atoms with van der Waals surface area (Å²) in [4.78, 5) is 2.07. The smallest absolute Gasteiger partial charge is 0.124 e. The zero-order chi connectivity index (χ0) is 13.8. The van der Waals surface area contributed by atoms with E-state index >= 15 is 0 Å². The fourth-order valence-corrected chi connectivity index (χ4v) is 2.41. The summed E-state index contributed by atoms with van der Waals surface area (Å²) in [7, 11) is 4.04. The second kappa shape index (κ2) is 6.23. The lowest BCUT2D eigenvalue weighted by molar-refractivity contribution is 0.627. The fraction of sp³-hybridized carbons (Fsp3) is 0.200. The van der Waals surface area contributed by atoms with Gasteiger partial charge in [-0.05, 0) is 58.5 Å². The van der Waals surface area contributed by atoms with E-state index in [0.29, 0.717) is 0 Å². The van der Waals surface area contributed by atoms with Crippen molar-refractivity contribution in [1.82, 2.24) is 0 Å². The Balaban J connectivity index is 2.02. The van der Waals surface area contributed by atoms with E-state index in [1.54, 1.807) is 6.07 Å². The Morgan fingerprint density at radius 2 is 1.79 bits per heavy atom. The number of rotatable bonds is 4. The van der Waals surface area contributed by atoms with E-state index in [2.05, 4.69) is 57.1 Å². The van der Waals surface area contributed by atoms with Crippen LogP contribution >= 0.6 is 22.6 Å². The van der Waals surface area contributed by atoms with Crippen LogP contribution in [0.2, 0.25) is 0 Å². The summed E-state index contributed by atoms with van der Waals surface area (Å²) >= 11 is 2.13. The number of nitrogens with one attached hydrogen (secondary N) is 1. The molecule has 2 rings (SSSR count). The molecule has 0 unspecified atom stereocenters. The molecule has 0 spiro atoms. The van der Waals surface area contributed by atoms with Gasteiger partial charge in [0.25, 0.3) is 0 Å². The van der Waals surface area contributed by atoms with Crippen molar-refractivity contribution in [2.75, 3.05) is 24.3 Å². The first-order valence-corrected chi connectivity index (χ1v) is 7.09. The molecule has 4 heteroatoms. The van der Waals surface area contributed by atoms with Gasteiger partial charge in [0.1, 0.15) is 5.82 Å². The Morgan fingerprint density at radius 3 is 2.37 bits per heavy atom. The summed E-state index contributed by atoms with van der Waals surface area (Å²) < 4.78 is 13.9. The molecule has 0 aliphatic heterocycles. The van der Waals surface area contributed by atoms with Gasteiger partial charge < -0.3 is 10.2 Å². The number of anilines is 2. The molecule has 0 amide bonds. The third-order valence-corrected chi connectivity index (χ3v) is 3.76. The molecular weight excluding hydrogens is 354 g/mol. The van der Waals surface area contributed by atoms with Gasteiger partial charge >= 0.3 is 0 Å². The monoisotopic (exact) mass is 370 g/mol. The molecule has 0 heterocycles. The van der Waals surface area contributed by atoms with Crippen molar-refractivity contribution >= 4 is 34.0 Å². The van der Waals surface area contributed by atoms with Crippen molar-refractivity contribution in [1.29, 1.82) is 0 Å². The topological polar surface area (TPSA) is 15.3 Å². The summed E-state index contributed by atoms with van der Waals surface area (Å²) in [6, 6.07) is 13.1. The van der Waals surface area contributed by atoms with Gasteiger partial charge in [0.05, 0.1) is 0 Å². The molecular formula is C15H16FIN2. The summed E-state index contributed by atoms with van der Waals surface area (Å²) in [5.41, 5.74) is 3.34. The predicted octanol–water partition coefficient (Wildman–Crippen LogP) is 4.11. The third kappa shape index (κ3) is 3.83. The molecule has 0 saturated heterocycles. The molecule has 0 aromatic heterocycles. The van der Waals surface area contributed by atoms with Gasteiger partial charge in [0.2, 0.25) is 0 Å². The maximum Gasteiger partial charge on any atom is 0.124 e. The Hall–Kier alpha value is -1.30. The highest BCUT2D eigenvalue weighted by atomic mass is 127. The maximum atomic E-state index is 13.0. The van der Waals surface area contributed by atoms with E-state index in [0.717, 1.165) is 15.8 Å². The van der Waals surface area contributed by atoms with Crippen LogP contribution in [-0.2, 0) is 6.54 Å². The largest absolute Gasteiger partial charge is 0.380 e. The molecule has 2 aromatic carbocycles. The van der Waals surface area contributed by atoms with Crippen molar-refractivity contribution in [3.8, 4) is 0 Å². The van der Waals surface area contributed by atoms with Crippen LogP contribution in [0.25, 0.3) is 0 Å². The fourth-order valence-electron chi connectivity index (χ4n) is 1.74. The molecule has 0 aliphatic carbocycles. The Bertz CT molecular complexity index is 553. The number of halogens is 2. The first-order valence-electron chi connectivity index (χ1n) is 6.01. The van der Waals surface area contributed by atoms with Crippen LogP contribution in [0.3, 0.4) is 0 Å². The highest BCUT2D eigenvalue weighted by molar-refractivity contribution is 14.1. The van der Waals surface area contributed by atoms with E-state index in [1.807, 2.05) is 14.1 Å². The van der Waals surface area contributed by atoms with Gasteiger partial charge in [-0.15, -0.1) is 0 Å². The molecule has 100 valence electrons. The lowest BCUT2D eigenvalue weighted by atomic mass is 10.2. The number of hydrogen-bond donors (Lipinski definition) is 1. The number of benzene rings is 2. The summed E-state index contributed by atoms with van der Waals surface area (Å²) in [6.45, 7) is 0.731. The quantitative estimate of drug-likeness (QED) is 0.815. The van der Waals surface area contributed by atoms with Crippen molar-refractivity contribution in [2.45, 2.75) is 6.54 Å². The number of hydrogen-bond acceptors (Lipinski definition) is 2. The minimum Gasteiger partial charge on any atom is -0.380 e. The van der Waals surface area contributed by atoms with Crippen LogP contribution < -0.4 is 10.2 Å². The average Bonchev–Trinajstić information content (AvgIpc) is 2.38. The summed E-state index contributed by atoms with van der Waals surface area (Å²) in [5.74, 6) is -0.203. The maximum absolute atomic E-state index is 13.0. The zero-order valence-electron chi connectivity index (χ0n) is 11.0. The van der Waals surface area contributed by atoms with Gasteiger partial charge in [-0.1, -0.05) is 12.1 Å². The standard InChI is InChI=1S/C15H16FIN2/c1-19(2)13-6-3-11(4-7-13)10-18-15-8-5-12(16)9-14(15)17/h3-9,18H,10H2,1-2H3. The first kappa shape index (κ1) is 14.1. The van der Waals surface area contributed by atoms with E-state index < -0.39 is 0 Å². The van der Waals surface area contributed by atoms with Crippen LogP contribution in [0.5, 0.6) is 0 Å². The van der Waals surface area contributed by atoms with Crippen LogP contribution in [0.1, 0.15) is 5.56 Å². The lowest BCUT2D eigenvalue weighted by Gasteiger charge is -2.13. The predicted molar refractivity (Wildman–Crippen MR) is 87.2 cm³/mol. The summed E-state index contributed by atoms with van der Waals surface area (Å²) in [6.07, 6.45) is 0. The second-order valence-corrected chi connectivity index (χ2v) is 5.70. The van der Waals surface area contributed by atoms with E-state index in [-0.39, 0.29) is 5.82 Å². The highest BCUT2D eigenvalue weighted by Gasteiger charge is 2.01. The highest BCUT2D eigenvalue weighted by Crippen LogP contribution is 2.20. The molecule has 19 heavy (non-hydrogen) atoms. The molecule has 0 bridgehead atoms. The lowest BCUT2D eigenvalue weighted by Crippen LogP contribution is -2.08. The Labute approximate surface area is 126 Å². The second-order valence-electron chi connectivity index (χ2n) is 4.54. The molecule has 2 nitrogen and oxygen atoms in total. The minimum absolute atomic E-state index is 0.203. The molecule has 1 N–H and O–H groups in total. The van der Waals surface area contributed by atoms with Crippen molar-refractivity contribution in [2.24, 2.45) is 0 Å². The van der Waals surface area contributed by atoms with Gasteiger partial charge in [-0.3, -0.25) is 0 Å². The van der Waals surface area contributed by atoms with Crippen molar-refractivity contribution in [3.63, 3.8) is 0 Å².